The van der Waals surface area contributed by atoms with Crippen LogP contribution in [0.15, 0.2) is 4.52 Å². The van der Waals surface area contributed by atoms with Gasteiger partial charge in [0.2, 0.25) is 11.8 Å². The van der Waals surface area contributed by atoms with Gasteiger partial charge in [-0.3, -0.25) is 4.79 Å². The highest BCUT2D eigenvalue weighted by Crippen LogP contribution is 2.40. The van der Waals surface area contributed by atoms with E-state index in [9.17, 15) is 4.79 Å². The molecule has 1 aromatic rings. The van der Waals surface area contributed by atoms with Crippen LogP contribution in [0.5, 0.6) is 0 Å². The molecule has 6 nitrogen and oxygen atoms in total. The van der Waals surface area contributed by atoms with E-state index in [1.165, 1.54) is 19.3 Å². The van der Waals surface area contributed by atoms with E-state index in [0.717, 1.165) is 51.0 Å². The maximum Gasteiger partial charge on any atom is 0.249 e. The van der Waals surface area contributed by atoms with Crippen molar-refractivity contribution in [2.24, 2.45) is 0 Å². The minimum absolute atomic E-state index is 0.0336. The second-order valence-electron chi connectivity index (χ2n) is 7.08. The van der Waals surface area contributed by atoms with E-state index >= 15 is 0 Å². The predicted molar refractivity (Wildman–Crippen MR) is 82.8 cm³/mol. The van der Waals surface area contributed by atoms with Crippen LogP contribution in [0.2, 0.25) is 0 Å². The molecule has 1 amide bonds. The van der Waals surface area contributed by atoms with E-state index in [0.29, 0.717) is 11.7 Å². The molecule has 0 bridgehead atoms. The topological polar surface area (TPSA) is 68.5 Å². The zero-order chi connectivity index (χ0) is 15.6. The highest BCUT2D eigenvalue weighted by Gasteiger charge is 2.36. The molecular formula is C17H25N3O3. The Morgan fingerprint density at radius 1 is 1.13 bits per heavy atom. The molecule has 0 N–H and O–H groups in total. The van der Waals surface area contributed by atoms with Crippen molar-refractivity contribution in [3.63, 3.8) is 0 Å². The summed E-state index contributed by atoms with van der Waals surface area (Å²) < 4.78 is 11.2. The molecule has 3 fully saturated rings. The third-order valence-corrected chi connectivity index (χ3v) is 5.25. The van der Waals surface area contributed by atoms with Gasteiger partial charge in [0.05, 0.1) is 12.1 Å². The Kier molecular flexibility index (Phi) is 4.33. The summed E-state index contributed by atoms with van der Waals surface area (Å²) in [6.07, 6.45) is 10.4. The number of carbonyl (C=O) groups is 1. The lowest BCUT2D eigenvalue weighted by Crippen LogP contribution is -2.35. The van der Waals surface area contributed by atoms with Gasteiger partial charge in [-0.15, -0.1) is 0 Å². The molecule has 2 saturated carbocycles. The zero-order valence-corrected chi connectivity index (χ0v) is 13.6. The average molecular weight is 319 g/mol. The van der Waals surface area contributed by atoms with Crippen LogP contribution in [0.1, 0.15) is 81.5 Å². The molecule has 6 heteroatoms. The van der Waals surface area contributed by atoms with Gasteiger partial charge in [-0.2, -0.15) is 4.98 Å². The summed E-state index contributed by atoms with van der Waals surface area (Å²) >= 11 is 0. The van der Waals surface area contributed by atoms with Gasteiger partial charge in [0.1, 0.15) is 6.61 Å². The number of rotatable bonds is 5. The fourth-order valence-corrected chi connectivity index (χ4v) is 3.72. The first-order valence-electron chi connectivity index (χ1n) is 9.06. The van der Waals surface area contributed by atoms with E-state index in [-0.39, 0.29) is 24.7 Å². The first-order chi connectivity index (χ1) is 11.3. The number of aromatic nitrogens is 2. The monoisotopic (exact) mass is 319 g/mol. The van der Waals surface area contributed by atoms with E-state index in [2.05, 4.69) is 10.1 Å². The first-order valence-corrected chi connectivity index (χ1v) is 9.06. The van der Waals surface area contributed by atoms with E-state index in [1.807, 2.05) is 4.90 Å². The van der Waals surface area contributed by atoms with Gasteiger partial charge in [0, 0.05) is 12.5 Å². The number of nitrogens with zero attached hydrogens (tertiary/aromatic N) is 3. The minimum Gasteiger partial charge on any atom is -0.368 e. The van der Waals surface area contributed by atoms with Crippen LogP contribution in [0, 0.1) is 0 Å². The summed E-state index contributed by atoms with van der Waals surface area (Å²) in [6.45, 7) is 0.958. The number of hydrogen-bond donors (Lipinski definition) is 0. The lowest BCUT2D eigenvalue weighted by atomic mass is 9.98. The van der Waals surface area contributed by atoms with Gasteiger partial charge < -0.3 is 14.2 Å². The van der Waals surface area contributed by atoms with Crippen molar-refractivity contribution >= 4 is 5.91 Å². The molecule has 3 aliphatic rings. The van der Waals surface area contributed by atoms with Crippen molar-refractivity contribution in [3.8, 4) is 0 Å². The maximum atomic E-state index is 12.5. The van der Waals surface area contributed by atoms with Crippen LogP contribution in [0.25, 0.3) is 0 Å². The maximum absolute atomic E-state index is 12.5. The number of amides is 1. The molecule has 1 aliphatic heterocycles. The van der Waals surface area contributed by atoms with Crippen molar-refractivity contribution in [1.29, 1.82) is 0 Å². The van der Waals surface area contributed by atoms with Crippen LogP contribution in [0.3, 0.4) is 0 Å². The predicted octanol–water partition coefficient (Wildman–Crippen LogP) is 2.96. The molecule has 2 aliphatic carbocycles. The lowest BCUT2D eigenvalue weighted by molar-refractivity contribution is -0.140. The fourth-order valence-electron chi connectivity index (χ4n) is 3.72. The van der Waals surface area contributed by atoms with Crippen molar-refractivity contribution in [3.05, 3.63) is 11.7 Å². The molecule has 23 heavy (non-hydrogen) atoms. The standard InChI is InChI=1S/C17H25N3O3/c21-15(11-22-13-5-2-1-3-6-13)20-10-4-7-14(20)16-18-17(23-19-16)12-8-9-12/h12-14H,1-11H2. The molecule has 1 unspecified atom stereocenters. The lowest BCUT2D eigenvalue weighted by Gasteiger charge is -2.25. The van der Waals surface area contributed by atoms with Gasteiger partial charge in [-0.25, -0.2) is 0 Å². The number of carbonyl (C=O) groups excluding carboxylic acids is 1. The van der Waals surface area contributed by atoms with Gasteiger partial charge in [0.25, 0.3) is 0 Å². The fraction of sp³-hybridized carbons (Fsp3) is 0.824. The highest BCUT2D eigenvalue weighted by molar-refractivity contribution is 5.78. The number of hydrogen-bond acceptors (Lipinski definition) is 5. The second-order valence-corrected chi connectivity index (χ2v) is 7.08. The summed E-state index contributed by atoms with van der Waals surface area (Å²) in [7, 11) is 0. The molecule has 2 heterocycles. The van der Waals surface area contributed by atoms with Crippen LogP contribution in [-0.2, 0) is 9.53 Å². The Labute approximate surface area is 136 Å². The van der Waals surface area contributed by atoms with E-state index in [4.69, 9.17) is 9.26 Å². The van der Waals surface area contributed by atoms with Gasteiger partial charge in [-0.05, 0) is 38.5 Å². The molecule has 1 atom stereocenters. The molecule has 1 aromatic heterocycles. The normalized spacial score (nSPS) is 25.9. The van der Waals surface area contributed by atoms with Crippen LogP contribution >= 0.6 is 0 Å². The molecule has 0 radical (unpaired) electrons. The molecule has 0 spiro atoms. The summed E-state index contributed by atoms with van der Waals surface area (Å²) in [5.74, 6) is 1.94. The summed E-state index contributed by atoms with van der Waals surface area (Å²) in [5, 5.41) is 4.12. The number of ether oxygens (including phenoxy) is 1. The molecule has 0 aromatic carbocycles. The second kappa shape index (κ2) is 6.59. The third-order valence-electron chi connectivity index (χ3n) is 5.25. The minimum atomic E-state index is -0.0336. The van der Waals surface area contributed by atoms with Gasteiger partial charge in [-0.1, -0.05) is 24.4 Å². The SMILES string of the molecule is O=C(COC1CCCCC1)N1CCCC1c1noc(C2CC2)n1. The van der Waals surface area contributed by atoms with Crippen molar-refractivity contribution < 1.29 is 14.1 Å². The smallest absolute Gasteiger partial charge is 0.249 e. The summed E-state index contributed by atoms with van der Waals surface area (Å²) in [5.41, 5.74) is 0. The van der Waals surface area contributed by atoms with Gasteiger partial charge >= 0.3 is 0 Å². The largest absolute Gasteiger partial charge is 0.368 e. The van der Waals surface area contributed by atoms with Crippen LogP contribution in [0.4, 0.5) is 0 Å². The Bertz CT molecular complexity index is 549. The third kappa shape index (κ3) is 3.42. The Morgan fingerprint density at radius 3 is 2.74 bits per heavy atom. The Morgan fingerprint density at radius 2 is 1.96 bits per heavy atom. The zero-order valence-electron chi connectivity index (χ0n) is 13.6. The van der Waals surface area contributed by atoms with Crippen molar-refractivity contribution in [2.75, 3.05) is 13.2 Å². The Hall–Kier alpha value is -1.43. The van der Waals surface area contributed by atoms with Crippen molar-refractivity contribution in [1.82, 2.24) is 15.0 Å². The quantitative estimate of drug-likeness (QED) is 0.834. The van der Waals surface area contributed by atoms with Crippen molar-refractivity contribution in [2.45, 2.75) is 75.9 Å². The van der Waals surface area contributed by atoms with Crippen LogP contribution in [-0.4, -0.2) is 40.2 Å². The van der Waals surface area contributed by atoms with Gasteiger partial charge in [0.15, 0.2) is 5.82 Å². The average Bonchev–Trinajstić information content (AvgIpc) is 3.12. The molecule has 126 valence electrons. The Balaban J connectivity index is 1.35. The van der Waals surface area contributed by atoms with E-state index < -0.39 is 0 Å². The molecular weight excluding hydrogens is 294 g/mol. The number of likely N-dealkylation sites (tertiary alicyclic amines) is 1. The summed E-state index contributed by atoms with van der Waals surface area (Å²) in [4.78, 5) is 18.9. The van der Waals surface area contributed by atoms with E-state index in [1.54, 1.807) is 0 Å². The molecule has 4 rings (SSSR count). The first kappa shape index (κ1) is 15.1. The van der Waals surface area contributed by atoms with Crippen LogP contribution < -0.4 is 0 Å². The summed E-state index contributed by atoms with van der Waals surface area (Å²) in [6, 6.07) is -0.0336. The highest BCUT2D eigenvalue weighted by atomic mass is 16.5. The molecule has 1 saturated heterocycles.